The van der Waals surface area contributed by atoms with E-state index in [4.69, 9.17) is 4.74 Å². The van der Waals surface area contributed by atoms with Crippen molar-refractivity contribution in [3.8, 4) is 5.75 Å². The van der Waals surface area contributed by atoms with E-state index in [1.165, 1.54) is 29.8 Å². The number of ether oxygens (including phenoxy) is 1. The lowest BCUT2D eigenvalue weighted by atomic mass is 9.96. The fourth-order valence-electron chi connectivity index (χ4n) is 2.66. The van der Waals surface area contributed by atoms with Crippen LogP contribution in [-0.4, -0.2) is 25.1 Å². The van der Waals surface area contributed by atoms with Gasteiger partial charge in [-0.05, 0) is 42.0 Å². The standard InChI is InChI=1S/C15H23NO/c1-11(2)9-16-6-5-13-8-15(17-4)12(3)7-14(13)10-16/h7-8,11H,5-6,9-10H2,1-4H3. The molecule has 0 bridgehead atoms. The van der Waals surface area contributed by atoms with Crippen molar-refractivity contribution >= 4 is 0 Å². The topological polar surface area (TPSA) is 12.5 Å². The zero-order chi connectivity index (χ0) is 12.4. The minimum absolute atomic E-state index is 0.746. The van der Waals surface area contributed by atoms with Crippen LogP contribution in [0.25, 0.3) is 0 Å². The molecular weight excluding hydrogens is 210 g/mol. The van der Waals surface area contributed by atoms with E-state index in [1.54, 1.807) is 7.11 Å². The monoisotopic (exact) mass is 233 g/mol. The van der Waals surface area contributed by atoms with E-state index >= 15 is 0 Å². The summed E-state index contributed by atoms with van der Waals surface area (Å²) < 4.78 is 5.39. The third-order valence-corrected chi connectivity index (χ3v) is 3.43. The number of hydrogen-bond acceptors (Lipinski definition) is 2. The third kappa shape index (κ3) is 2.81. The largest absolute Gasteiger partial charge is 0.496 e. The lowest BCUT2D eigenvalue weighted by Crippen LogP contribution is -2.33. The predicted molar refractivity (Wildman–Crippen MR) is 71.6 cm³/mol. The molecule has 94 valence electrons. The first kappa shape index (κ1) is 12.4. The van der Waals surface area contributed by atoms with Gasteiger partial charge in [0.15, 0.2) is 0 Å². The van der Waals surface area contributed by atoms with Crippen LogP contribution in [0.15, 0.2) is 12.1 Å². The summed E-state index contributed by atoms with van der Waals surface area (Å²) >= 11 is 0. The van der Waals surface area contributed by atoms with Crippen LogP contribution in [0.2, 0.25) is 0 Å². The van der Waals surface area contributed by atoms with Gasteiger partial charge < -0.3 is 4.74 Å². The Hall–Kier alpha value is -1.02. The third-order valence-electron chi connectivity index (χ3n) is 3.43. The molecule has 2 rings (SSSR count). The van der Waals surface area contributed by atoms with Crippen LogP contribution >= 0.6 is 0 Å². The van der Waals surface area contributed by atoms with Crippen molar-refractivity contribution in [2.75, 3.05) is 20.2 Å². The number of nitrogens with zero attached hydrogens (tertiary/aromatic N) is 1. The van der Waals surface area contributed by atoms with Crippen molar-refractivity contribution in [1.82, 2.24) is 4.90 Å². The minimum atomic E-state index is 0.746. The minimum Gasteiger partial charge on any atom is -0.496 e. The maximum Gasteiger partial charge on any atom is 0.122 e. The second-order valence-corrected chi connectivity index (χ2v) is 5.47. The molecule has 0 unspecified atom stereocenters. The molecule has 17 heavy (non-hydrogen) atoms. The fourth-order valence-corrected chi connectivity index (χ4v) is 2.66. The van der Waals surface area contributed by atoms with Crippen LogP contribution in [0.1, 0.15) is 30.5 Å². The maximum atomic E-state index is 5.39. The van der Waals surface area contributed by atoms with Crippen molar-refractivity contribution < 1.29 is 4.74 Å². The Kier molecular flexibility index (Phi) is 3.72. The van der Waals surface area contributed by atoms with Gasteiger partial charge in [0.05, 0.1) is 7.11 Å². The fraction of sp³-hybridized carbons (Fsp3) is 0.600. The van der Waals surface area contributed by atoms with Crippen LogP contribution < -0.4 is 4.74 Å². The highest BCUT2D eigenvalue weighted by Gasteiger charge is 2.18. The summed E-state index contributed by atoms with van der Waals surface area (Å²) in [4.78, 5) is 2.55. The van der Waals surface area contributed by atoms with Crippen LogP contribution in [-0.2, 0) is 13.0 Å². The Balaban J connectivity index is 2.18. The molecule has 1 aromatic carbocycles. The number of benzene rings is 1. The number of hydrogen-bond donors (Lipinski definition) is 0. The summed E-state index contributed by atoms with van der Waals surface area (Å²) in [5.74, 6) is 1.77. The van der Waals surface area contributed by atoms with Gasteiger partial charge in [0.25, 0.3) is 0 Å². The van der Waals surface area contributed by atoms with Crippen molar-refractivity contribution in [2.45, 2.75) is 33.7 Å². The molecule has 0 fully saturated rings. The van der Waals surface area contributed by atoms with Gasteiger partial charge in [0.2, 0.25) is 0 Å². The molecule has 0 saturated carbocycles. The highest BCUT2D eigenvalue weighted by molar-refractivity contribution is 5.43. The summed E-state index contributed by atoms with van der Waals surface area (Å²) in [5, 5.41) is 0. The molecule has 0 N–H and O–H groups in total. The first-order chi connectivity index (χ1) is 8.10. The summed E-state index contributed by atoms with van der Waals surface area (Å²) in [7, 11) is 1.75. The normalized spacial score (nSPS) is 16.1. The van der Waals surface area contributed by atoms with E-state index in [0.29, 0.717) is 0 Å². The zero-order valence-corrected chi connectivity index (χ0v) is 11.4. The maximum absolute atomic E-state index is 5.39. The second-order valence-electron chi connectivity index (χ2n) is 5.47. The number of rotatable bonds is 3. The van der Waals surface area contributed by atoms with Gasteiger partial charge in [-0.3, -0.25) is 4.90 Å². The Labute approximate surface area is 105 Å². The molecule has 0 aliphatic carbocycles. The molecule has 1 aromatic rings. The molecule has 1 aliphatic rings. The molecule has 0 atom stereocenters. The van der Waals surface area contributed by atoms with Crippen LogP contribution in [0.3, 0.4) is 0 Å². The van der Waals surface area contributed by atoms with Crippen molar-refractivity contribution in [1.29, 1.82) is 0 Å². The van der Waals surface area contributed by atoms with Gasteiger partial charge in [-0.25, -0.2) is 0 Å². The van der Waals surface area contributed by atoms with Crippen molar-refractivity contribution in [3.05, 3.63) is 28.8 Å². The lowest BCUT2D eigenvalue weighted by molar-refractivity contribution is 0.226. The molecule has 2 heteroatoms. The lowest BCUT2D eigenvalue weighted by Gasteiger charge is -2.30. The summed E-state index contributed by atoms with van der Waals surface area (Å²) in [6, 6.07) is 4.51. The molecule has 0 saturated heterocycles. The second kappa shape index (κ2) is 5.09. The smallest absolute Gasteiger partial charge is 0.122 e. The Morgan fingerprint density at radius 1 is 1.29 bits per heavy atom. The van der Waals surface area contributed by atoms with E-state index < -0.39 is 0 Å². The van der Waals surface area contributed by atoms with E-state index in [-0.39, 0.29) is 0 Å². The highest BCUT2D eigenvalue weighted by Crippen LogP contribution is 2.27. The molecule has 1 heterocycles. The van der Waals surface area contributed by atoms with Gasteiger partial charge in [-0.15, -0.1) is 0 Å². The van der Waals surface area contributed by atoms with Crippen LogP contribution in [0.5, 0.6) is 5.75 Å². The van der Waals surface area contributed by atoms with E-state index in [9.17, 15) is 0 Å². The van der Waals surface area contributed by atoms with Crippen molar-refractivity contribution in [3.63, 3.8) is 0 Å². The molecule has 1 aliphatic heterocycles. The molecule has 0 spiro atoms. The average molecular weight is 233 g/mol. The Bertz CT molecular complexity index is 398. The molecule has 2 nitrogen and oxygen atoms in total. The van der Waals surface area contributed by atoms with E-state index in [1.807, 2.05) is 0 Å². The first-order valence-corrected chi connectivity index (χ1v) is 6.49. The molecular formula is C15H23NO. The van der Waals surface area contributed by atoms with E-state index in [0.717, 1.165) is 24.6 Å². The predicted octanol–water partition coefficient (Wildman–Crippen LogP) is 3.02. The van der Waals surface area contributed by atoms with Crippen LogP contribution in [0, 0.1) is 12.8 Å². The number of fused-ring (bicyclic) bond motifs is 1. The molecule has 0 aromatic heterocycles. The molecule has 0 radical (unpaired) electrons. The quantitative estimate of drug-likeness (QED) is 0.795. The van der Waals surface area contributed by atoms with Gasteiger partial charge >= 0.3 is 0 Å². The summed E-state index contributed by atoms with van der Waals surface area (Å²) in [6.07, 6.45) is 1.15. The summed E-state index contributed by atoms with van der Waals surface area (Å²) in [5.41, 5.74) is 4.19. The van der Waals surface area contributed by atoms with Gasteiger partial charge in [-0.1, -0.05) is 19.9 Å². The van der Waals surface area contributed by atoms with Gasteiger partial charge in [0, 0.05) is 19.6 Å². The SMILES string of the molecule is COc1cc2c(cc1C)CN(CC(C)C)CC2. The van der Waals surface area contributed by atoms with Gasteiger partial charge in [0.1, 0.15) is 5.75 Å². The van der Waals surface area contributed by atoms with E-state index in [2.05, 4.69) is 37.8 Å². The number of aryl methyl sites for hydroxylation is 1. The van der Waals surface area contributed by atoms with Crippen molar-refractivity contribution in [2.24, 2.45) is 5.92 Å². The molecule has 0 amide bonds. The Morgan fingerprint density at radius 3 is 2.71 bits per heavy atom. The Morgan fingerprint density at radius 2 is 2.06 bits per heavy atom. The van der Waals surface area contributed by atoms with Gasteiger partial charge in [-0.2, -0.15) is 0 Å². The summed E-state index contributed by atoms with van der Waals surface area (Å²) in [6.45, 7) is 10.2. The average Bonchev–Trinajstić information content (AvgIpc) is 2.27. The van der Waals surface area contributed by atoms with Crippen LogP contribution in [0.4, 0.5) is 0 Å². The highest BCUT2D eigenvalue weighted by atomic mass is 16.5. The number of methoxy groups -OCH3 is 1. The first-order valence-electron chi connectivity index (χ1n) is 6.49. The zero-order valence-electron chi connectivity index (χ0n) is 11.4.